The fourth-order valence-corrected chi connectivity index (χ4v) is 2.44. The van der Waals surface area contributed by atoms with Crippen molar-refractivity contribution in [3.05, 3.63) is 69.8 Å². The molecule has 0 spiro atoms. The van der Waals surface area contributed by atoms with Gasteiger partial charge in [0.2, 0.25) is 0 Å². The van der Waals surface area contributed by atoms with E-state index < -0.39 is 10.9 Å². The lowest BCUT2D eigenvalue weighted by molar-refractivity contribution is -0.384. The van der Waals surface area contributed by atoms with Crippen LogP contribution < -0.4 is 5.11 Å². The molecule has 0 saturated heterocycles. The van der Waals surface area contributed by atoms with Crippen LogP contribution in [0.4, 0.5) is 5.69 Å². The Hall–Kier alpha value is -3.28. The lowest BCUT2D eigenvalue weighted by atomic mass is 10.0. The third-order valence-electron chi connectivity index (χ3n) is 3.54. The van der Waals surface area contributed by atoms with E-state index in [2.05, 4.69) is 4.98 Å². The molecule has 0 aliphatic carbocycles. The number of rotatable bonds is 3. The maximum absolute atomic E-state index is 11.4. The predicted octanol–water partition coefficient (Wildman–Crippen LogP) is 2.48. The van der Waals surface area contributed by atoms with Crippen LogP contribution in [0.25, 0.3) is 22.2 Å². The quantitative estimate of drug-likeness (QED) is 0.547. The normalized spacial score (nSPS) is 10.7. The molecule has 6 nitrogen and oxygen atoms in total. The van der Waals surface area contributed by atoms with E-state index in [1.165, 1.54) is 24.3 Å². The summed E-state index contributed by atoms with van der Waals surface area (Å²) in [6.45, 7) is 1.85. The van der Waals surface area contributed by atoms with E-state index in [0.29, 0.717) is 22.2 Å². The van der Waals surface area contributed by atoms with Crippen molar-refractivity contribution in [1.82, 2.24) is 4.98 Å². The van der Waals surface area contributed by atoms with Crippen molar-refractivity contribution >= 4 is 22.6 Å². The number of non-ortho nitro benzene ring substituents is 1. The molecule has 3 rings (SSSR count). The molecule has 0 amide bonds. The maximum Gasteiger partial charge on any atom is 0.270 e. The first-order valence-corrected chi connectivity index (χ1v) is 6.83. The first kappa shape index (κ1) is 14.6. The van der Waals surface area contributed by atoms with Gasteiger partial charge in [0.15, 0.2) is 0 Å². The SMILES string of the molecule is Cc1ccc2nc(-c3cccc([N+](=O)[O-])c3)cc(C(=O)[O-])c2c1. The molecular weight excluding hydrogens is 296 g/mol. The maximum atomic E-state index is 11.4. The van der Waals surface area contributed by atoms with Gasteiger partial charge in [-0.3, -0.25) is 10.1 Å². The van der Waals surface area contributed by atoms with E-state index in [9.17, 15) is 20.0 Å². The second kappa shape index (κ2) is 5.49. The number of carboxylic acid groups (broad SMARTS) is 1. The van der Waals surface area contributed by atoms with Gasteiger partial charge in [-0.15, -0.1) is 0 Å². The zero-order valence-corrected chi connectivity index (χ0v) is 12.1. The van der Waals surface area contributed by atoms with Crippen molar-refractivity contribution in [3.8, 4) is 11.3 Å². The molecule has 6 heteroatoms. The summed E-state index contributed by atoms with van der Waals surface area (Å²) in [4.78, 5) is 26.2. The van der Waals surface area contributed by atoms with E-state index >= 15 is 0 Å². The molecule has 23 heavy (non-hydrogen) atoms. The van der Waals surface area contributed by atoms with Gasteiger partial charge in [0.05, 0.1) is 22.1 Å². The van der Waals surface area contributed by atoms with Gasteiger partial charge in [-0.2, -0.15) is 0 Å². The number of hydrogen-bond acceptors (Lipinski definition) is 5. The third kappa shape index (κ3) is 2.74. The van der Waals surface area contributed by atoms with Gasteiger partial charge in [0, 0.05) is 28.6 Å². The molecule has 0 aliphatic rings. The number of carbonyl (C=O) groups is 1. The number of benzene rings is 2. The van der Waals surface area contributed by atoms with Crippen molar-refractivity contribution < 1.29 is 14.8 Å². The summed E-state index contributed by atoms with van der Waals surface area (Å²) < 4.78 is 0. The van der Waals surface area contributed by atoms with E-state index in [4.69, 9.17) is 0 Å². The van der Waals surface area contributed by atoms with Crippen molar-refractivity contribution in [2.45, 2.75) is 6.92 Å². The van der Waals surface area contributed by atoms with Crippen LogP contribution in [0.2, 0.25) is 0 Å². The van der Waals surface area contributed by atoms with Crippen molar-refractivity contribution in [1.29, 1.82) is 0 Å². The zero-order chi connectivity index (χ0) is 16.6. The Labute approximate surface area is 131 Å². The monoisotopic (exact) mass is 307 g/mol. The second-order valence-corrected chi connectivity index (χ2v) is 5.17. The summed E-state index contributed by atoms with van der Waals surface area (Å²) in [7, 11) is 0. The van der Waals surface area contributed by atoms with Gasteiger partial charge in [0.1, 0.15) is 0 Å². The molecule has 3 aromatic rings. The second-order valence-electron chi connectivity index (χ2n) is 5.17. The molecule has 114 valence electrons. The summed E-state index contributed by atoms with van der Waals surface area (Å²) in [5.41, 5.74) is 2.17. The first-order valence-electron chi connectivity index (χ1n) is 6.83. The van der Waals surface area contributed by atoms with Crippen LogP contribution in [0, 0.1) is 17.0 Å². The molecule has 1 aromatic heterocycles. The Morgan fingerprint density at radius 3 is 2.61 bits per heavy atom. The molecule has 1 heterocycles. The first-order chi connectivity index (χ1) is 11.0. The summed E-state index contributed by atoms with van der Waals surface area (Å²) >= 11 is 0. The Morgan fingerprint density at radius 1 is 1.13 bits per heavy atom. The van der Waals surface area contributed by atoms with Gasteiger partial charge >= 0.3 is 0 Å². The molecule has 0 unspecified atom stereocenters. The number of aromatic nitrogens is 1. The lowest BCUT2D eigenvalue weighted by Crippen LogP contribution is -2.22. The van der Waals surface area contributed by atoms with Crippen LogP contribution >= 0.6 is 0 Å². The van der Waals surface area contributed by atoms with Gasteiger partial charge in [-0.05, 0) is 25.1 Å². The number of fused-ring (bicyclic) bond motifs is 1. The van der Waals surface area contributed by atoms with Crippen LogP contribution in [-0.4, -0.2) is 15.9 Å². The van der Waals surface area contributed by atoms with Crippen molar-refractivity contribution in [3.63, 3.8) is 0 Å². The molecule has 2 aromatic carbocycles. The van der Waals surface area contributed by atoms with Crippen LogP contribution in [0.5, 0.6) is 0 Å². The molecule has 0 aliphatic heterocycles. The van der Waals surface area contributed by atoms with Crippen molar-refractivity contribution in [2.75, 3.05) is 0 Å². The number of carboxylic acids is 1. The highest BCUT2D eigenvalue weighted by Crippen LogP contribution is 2.27. The molecule has 0 atom stereocenters. The van der Waals surface area contributed by atoms with E-state index in [0.717, 1.165) is 5.56 Å². The van der Waals surface area contributed by atoms with Gasteiger partial charge < -0.3 is 9.90 Å². The van der Waals surface area contributed by atoms with Crippen LogP contribution in [-0.2, 0) is 0 Å². The largest absolute Gasteiger partial charge is 0.545 e. The molecule has 0 radical (unpaired) electrons. The molecule has 0 N–H and O–H groups in total. The predicted molar refractivity (Wildman–Crippen MR) is 82.9 cm³/mol. The smallest absolute Gasteiger partial charge is 0.270 e. The number of pyridine rings is 1. The van der Waals surface area contributed by atoms with E-state index in [1.54, 1.807) is 18.2 Å². The number of aromatic carboxylic acids is 1. The number of carbonyl (C=O) groups excluding carboxylic acids is 1. The van der Waals surface area contributed by atoms with Gasteiger partial charge in [0.25, 0.3) is 5.69 Å². The summed E-state index contributed by atoms with van der Waals surface area (Å²) in [6.07, 6.45) is 0. The topological polar surface area (TPSA) is 96.2 Å². The zero-order valence-electron chi connectivity index (χ0n) is 12.1. The highest BCUT2D eigenvalue weighted by atomic mass is 16.6. The van der Waals surface area contributed by atoms with E-state index in [1.807, 2.05) is 13.0 Å². The highest BCUT2D eigenvalue weighted by molar-refractivity contribution is 6.03. The highest BCUT2D eigenvalue weighted by Gasteiger charge is 2.12. The fourth-order valence-electron chi connectivity index (χ4n) is 2.44. The Morgan fingerprint density at radius 2 is 1.91 bits per heavy atom. The Bertz CT molecular complexity index is 950. The minimum Gasteiger partial charge on any atom is -0.545 e. The number of nitro groups is 1. The minimum absolute atomic E-state index is 0.0141. The van der Waals surface area contributed by atoms with Crippen LogP contribution in [0.1, 0.15) is 15.9 Å². The number of aryl methyl sites for hydroxylation is 1. The summed E-state index contributed by atoms with van der Waals surface area (Å²) in [6, 6.07) is 12.6. The van der Waals surface area contributed by atoms with Gasteiger partial charge in [-0.1, -0.05) is 23.8 Å². The van der Waals surface area contributed by atoms with Crippen LogP contribution in [0.3, 0.4) is 0 Å². The molecule has 0 saturated carbocycles. The minimum atomic E-state index is -1.31. The lowest BCUT2D eigenvalue weighted by Gasteiger charge is -2.11. The molecular formula is C17H11N2O4-. The molecule has 0 fully saturated rings. The van der Waals surface area contributed by atoms with E-state index in [-0.39, 0.29) is 11.3 Å². The Balaban J connectivity index is 2.26. The fraction of sp³-hybridized carbons (Fsp3) is 0.0588. The molecule has 0 bridgehead atoms. The van der Waals surface area contributed by atoms with Crippen molar-refractivity contribution in [2.24, 2.45) is 0 Å². The summed E-state index contributed by atoms with van der Waals surface area (Å²) in [5.74, 6) is -1.31. The standard InChI is InChI=1S/C17H12N2O4/c1-10-5-6-15-13(7-10)14(17(20)21)9-16(18-15)11-3-2-4-12(8-11)19(22)23/h2-9H,1H3,(H,20,21)/p-1. The third-order valence-corrected chi connectivity index (χ3v) is 3.54. The number of nitro benzene ring substituents is 1. The summed E-state index contributed by atoms with van der Waals surface area (Å²) in [5, 5.41) is 22.8. The van der Waals surface area contributed by atoms with Crippen LogP contribution in [0.15, 0.2) is 48.5 Å². The Kier molecular flexibility index (Phi) is 3.50. The average Bonchev–Trinajstić information content (AvgIpc) is 2.53. The average molecular weight is 307 g/mol. The number of hydrogen-bond donors (Lipinski definition) is 0. The number of nitrogens with zero attached hydrogens (tertiary/aromatic N) is 2. The van der Waals surface area contributed by atoms with Gasteiger partial charge in [-0.25, -0.2) is 4.98 Å².